The molecule has 3 aromatic carbocycles. The Kier molecular flexibility index (Phi) is 9.71. The molecular weight excluding hydrogens is 422 g/mol. The number of carbonyl (C=O) groups is 2. The molecule has 178 valence electrons. The van der Waals surface area contributed by atoms with Gasteiger partial charge in [-0.25, -0.2) is 0 Å². The van der Waals surface area contributed by atoms with Crippen LogP contribution in [0.3, 0.4) is 0 Å². The molecule has 0 bridgehead atoms. The summed E-state index contributed by atoms with van der Waals surface area (Å²) in [6.07, 6.45) is 1.46. The van der Waals surface area contributed by atoms with E-state index in [9.17, 15) is 9.59 Å². The zero-order chi connectivity index (χ0) is 24.2. The van der Waals surface area contributed by atoms with E-state index in [0.29, 0.717) is 25.7 Å². The summed E-state index contributed by atoms with van der Waals surface area (Å²) >= 11 is 0. The minimum Gasteiger partial charge on any atom is -0.372 e. The topological polar surface area (TPSA) is 61.4 Å². The molecule has 0 aliphatic carbocycles. The van der Waals surface area contributed by atoms with Crippen molar-refractivity contribution in [3.63, 3.8) is 0 Å². The number of carbonyl (C=O) groups excluding carboxylic acids is 2. The molecule has 0 radical (unpaired) electrons. The van der Waals surface area contributed by atoms with Gasteiger partial charge in [0.2, 0.25) is 11.8 Å². The van der Waals surface area contributed by atoms with E-state index in [-0.39, 0.29) is 11.8 Å². The van der Waals surface area contributed by atoms with E-state index in [0.717, 1.165) is 35.5 Å². The molecule has 0 atom stereocenters. The van der Waals surface area contributed by atoms with Crippen LogP contribution in [0.5, 0.6) is 0 Å². The van der Waals surface area contributed by atoms with E-state index >= 15 is 0 Å². The Hall–Kier alpha value is -3.60. The highest BCUT2D eigenvalue weighted by Gasteiger charge is 2.18. The molecule has 0 aliphatic rings. The maximum Gasteiger partial charge on any atom is 0.222 e. The van der Waals surface area contributed by atoms with E-state index in [1.807, 2.05) is 84.9 Å². The predicted octanol–water partition coefficient (Wildman–Crippen LogP) is 5.03. The quantitative estimate of drug-likeness (QED) is 0.375. The number of aryl methyl sites for hydroxylation is 2. The fraction of sp³-hybridized carbons (Fsp3) is 0.310. The molecule has 0 heterocycles. The summed E-state index contributed by atoms with van der Waals surface area (Å²) in [5.41, 5.74) is 4.21. The minimum absolute atomic E-state index is 0.0926. The van der Waals surface area contributed by atoms with E-state index < -0.39 is 6.17 Å². The molecule has 0 fully saturated rings. The van der Waals surface area contributed by atoms with Crippen molar-refractivity contribution in [1.82, 2.24) is 10.6 Å². The lowest BCUT2D eigenvalue weighted by Gasteiger charge is -2.24. The van der Waals surface area contributed by atoms with Crippen LogP contribution in [0, 0.1) is 0 Å². The number of anilines is 1. The number of hydrogen-bond donors (Lipinski definition) is 2. The summed E-state index contributed by atoms with van der Waals surface area (Å²) in [6.45, 7) is 6.09. The number of hydrogen-bond acceptors (Lipinski definition) is 3. The molecule has 2 amide bonds. The minimum atomic E-state index is -0.572. The molecule has 3 rings (SSSR count). The van der Waals surface area contributed by atoms with Gasteiger partial charge in [0.1, 0.15) is 6.17 Å². The van der Waals surface area contributed by atoms with Crippen molar-refractivity contribution in [2.75, 3.05) is 18.0 Å². The van der Waals surface area contributed by atoms with Crippen LogP contribution in [0.1, 0.15) is 49.5 Å². The van der Waals surface area contributed by atoms with Gasteiger partial charge < -0.3 is 15.5 Å². The second-order valence-corrected chi connectivity index (χ2v) is 8.30. The average Bonchev–Trinajstić information content (AvgIpc) is 2.88. The van der Waals surface area contributed by atoms with Gasteiger partial charge in [0, 0.05) is 31.6 Å². The highest BCUT2D eigenvalue weighted by atomic mass is 16.2. The number of nitrogens with zero attached hydrogens (tertiary/aromatic N) is 1. The first-order valence-corrected chi connectivity index (χ1v) is 12.1. The van der Waals surface area contributed by atoms with Crippen LogP contribution >= 0.6 is 0 Å². The van der Waals surface area contributed by atoms with Crippen LogP contribution in [0.2, 0.25) is 0 Å². The summed E-state index contributed by atoms with van der Waals surface area (Å²) in [5.74, 6) is -0.185. The number of benzene rings is 3. The van der Waals surface area contributed by atoms with Crippen LogP contribution < -0.4 is 15.5 Å². The standard InChI is InChI=1S/C29H35N3O2/c1-3-32(4-2)26-19-17-25(18-20-26)29(30-27(33)21-15-23-11-7-5-8-12-23)31-28(34)22-16-24-13-9-6-10-14-24/h5-14,17-20,29H,3-4,15-16,21-22H2,1-2H3,(H,30,33)(H,31,34). The first-order valence-electron chi connectivity index (χ1n) is 12.1. The van der Waals surface area contributed by atoms with Crippen molar-refractivity contribution in [3.05, 3.63) is 102 Å². The van der Waals surface area contributed by atoms with Gasteiger partial charge in [0.05, 0.1) is 0 Å². The first kappa shape index (κ1) is 25.0. The summed E-state index contributed by atoms with van der Waals surface area (Å²) in [4.78, 5) is 27.8. The van der Waals surface area contributed by atoms with Crippen molar-refractivity contribution in [1.29, 1.82) is 0 Å². The Morgan fingerprint density at radius 1 is 0.676 bits per heavy atom. The lowest BCUT2D eigenvalue weighted by molar-refractivity contribution is -0.124. The van der Waals surface area contributed by atoms with Crippen molar-refractivity contribution in [2.45, 2.75) is 45.7 Å². The SMILES string of the molecule is CCN(CC)c1ccc(C(NC(=O)CCc2ccccc2)NC(=O)CCc2ccccc2)cc1. The second-order valence-electron chi connectivity index (χ2n) is 8.30. The molecule has 0 unspecified atom stereocenters. The van der Waals surface area contributed by atoms with Gasteiger partial charge in [-0.2, -0.15) is 0 Å². The molecule has 5 heteroatoms. The summed E-state index contributed by atoms with van der Waals surface area (Å²) < 4.78 is 0. The molecule has 5 nitrogen and oxygen atoms in total. The van der Waals surface area contributed by atoms with Crippen LogP contribution in [0.4, 0.5) is 5.69 Å². The highest BCUT2D eigenvalue weighted by Crippen LogP contribution is 2.19. The predicted molar refractivity (Wildman–Crippen MR) is 139 cm³/mol. The Bertz CT molecular complexity index is 959. The van der Waals surface area contributed by atoms with Gasteiger partial charge in [-0.3, -0.25) is 9.59 Å². The van der Waals surface area contributed by atoms with Gasteiger partial charge >= 0.3 is 0 Å². The zero-order valence-electron chi connectivity index (χ0n) is 20.2. The van der Waals surface area contributed by atoms with E-state index in [4.69, 9.17) is 0 Å². The number of nitrogens with one attached hydrogen (secondary N) is 2. The monoisotopic (exact) mass is 457 g/mol. The van der Waals surface area contributed by atoms with Crippen LogP contribution in [0.25, 0.3) is 0 Å². The first-order chi connectivity index (χ1) is 16.6. The number of rotatable bonds is 12. The van der Waals surface area contributed by atoms with E-state index in [2.05, 4.69) is 29.4 Å². The van der Waals surface area contributed by atoms with Gasteiger partial charge in [-0.15, -0.1) is 0 Å². The van der Waals surface area contributed by atoms with Crippen molar-refractivity contribution >= 4 is 17.5 Å². The Balaban J connectivity index is 1.67. The Morgan fingerprint density at radius 3 is 1.53 bits per heavy atom. The third-order valence-corrected chi connectivity index (χ3v) is 5.93. The Morgan fingerprint density at radius 2 is 1.12 bits per heavy atom. The van der Waals surface area contributed by atoms with Crippen molar-refractivity contribution < 1.29 is 9.59 Å². The normalized spacial score (nSPS) is 10.7. The zero-order valence-corrected chi connectivity index (χ0v) is 20.2. The molecule has 0 saturated heterocycles. The fourth-order valence-electron chi connectivity index (χ4n) is 3.94. The third-order valence-electron chi connectivity index (χ3n) is 5.93. The maximum atomic E-state index is 12.8. The molecule has 0 spiro atoms. The van der Waals surface area contributed by atoms with Gasteiger partial charge in [0.15, 0.2) is 0 Å². The Labute approximate surface area is 203 Å². The summed E-state index contributed by atoms with van der Waals surface area (Å²) in [5, 5.41) is 6.05. The van der Waals surface area contributed by atoms with Crippen molar-refractivity contribution in [3.8, 4) is 0 Å². The summed E-state index contributed by atoms with van der Waals surface area (Å²) in [7, 11) is 0. The molecule has 0 aromatic heterocycles. The average molecular weight is 458 g/mol. The van der Waals surface area contributed by atoms with Crippen molar-refractivity contribution in [2.24, 2.45) is 0 Å². The van der Waals surface area contributed by atoms with Crippen LogP contribution in [-0.2, 0) is 22.4 Å². The maximum absolute atomic E-state index is 12.8. The lowest BCUT2D eigenvalue weighted by atomic mass is 10.1. The molecule has 34 heavy (non-hydrogen) atoms. The second kappa shape index (κ2) is 13.2. The third kappa shape index (κ3) is 7.77. The smallest absolute Gasteiger partial charge is 0.222 e. The summed E-state index contributed by atoms with van der Waals surface area (Å²) in [6, 6.07) is 27.9. The molecule has 0 aliphatic heterocycles. The largest absolute Gasteiger partial charge is 0.372 e. The van der Waals surface area contributed by atoms with Crippen LogP contribution in [-0.4, -0.2) is 24.9 Å². The number of amides is 2. The fourth-order valence-corrected chi connectivity index (χ4v) is 3.94. The molecular formula is C29H35N3O2. The van der Waals surface area contributed by atoms with Gasteiger partial charge in [-0.05, 0) is 55.5 Å². The van der Waals surface area contributed by atoms with E-state index in [1.54, 1.807) is 0 Å². The van der Waals surface area contributed by atoms with E-state index in [1.165, 1.54) is 0 Å². The van der Waals surface area contributed by atoms with Crippen LogP contribution in [0.15, 0.2) is 84.9 Å². The molecule has 2 N–H and O–H groups in total. The highest BCUT2D eigenvalue weighted by molar-refractivity contribution is 5.80. The lowest BCUT2D eigenvalue weighted by Crippen LogP contribution is -2.41. The molecule has 3 aromatic rings. The van der Waals surface area contributed by atoms with Gasteiger partial charge in [0.25, 0.3) is 0 Å². The molecule has 0 saturated carbocycles. The van der Waals surface area contributed by atoms with Gasteiger partial charge in [-0.1, -0.05) is 72.8 Å².